The van der Waals surface area contributed by atoms with Crippen LogP contribution in [0.1, 0.15) is 18.1 Å². The fraction of sp³-hybridized carbons (Fsp3) is 0.176. The molecule has 0 aromatic heterocycles. The summed E-state index contributed by atoms with van der Waals surface area (Å²) in [5, 5.41) is 0. The van der Waals surface area contributed by atoms with Gasteiger partial charge in [-0.05, 0) is 30.9 Å². The SMILES string of the molecule is CC=C(Cc1ccccc1)Cc1ccccc1.N. The number of benzene rings is 2. The summed E-state index contributed by atoms with van der Waals surface area (Å²) in [6, 6.07) is 21.3. The molecule has 0 aliphatic rings. The molecule has 2 aromatic rings. The summed E-state index contributed by atoms with van der Waals surface area (Å²) < 4.78 is 0. The first kappa shape index (κ1) is 14.2. The molecule has 0 heterocycles. The summed E-state index contributed by atoms with van der Waals surface area (Å²) in [4.78, 5) is 0. The summed E-state index contributed by atoms with van der Waals surface area (Å²) in [5.41, 5.74) is 4.25. The third-order valence-corrected chi connectivity index (χ3v) is 2.96. The van der Waals surface area contributed by atoms with Crippen LogP contribution in [0.25, 0.3) is 0 Å². The third-order valence-electron chi connectivity index (χ3n) is 2.96. The highest BCUT2D eigenvalue weighted by Gasteiger charge is 2.00. The molecule has 2 rings (SSSR count). The molecule has 1 heteroatoms. The van der Waals surface area contributed by atoms with E-state index in [0.29, 0.717) is 0 Å². The zero-order chi connectivity index (χ0) is 11.9. The molecule has 3 N–H and O–H groups in total. The van der Waals surface area contributed by atoms with Gasteiger partial charge in [-0.2, -0.15) is 0 Å². The van der Waals surface area contributed by atoms with Gasteiger partial charge in [0.05, 0.1) is 0 Å². The van der Waals surface area contributed by atoms with Crippen molar-refractivity contribution >= 4 is 0 Å². The zero-order valence-electron chi connectivity index (χ0n) is 11.0. The van der Waals surface area contributed by atoms with Crippen molar-refractivity contribution in [2.75, 3.05) is 0 Å². The molecule has 18 heavy (non-hydrogen) atoms. The van der Waals surface area contributed by atoms with Crippen LogP contribution in [0.2, 0.25) is 0 Å². The van der Waals surface area contributed by atoms with E-state index < -0.39 is 0 Å². The second kappa shape index (κ2) is 7.46. The quantitative estimate of drug-likeness (QED) is 0.779. The topological polar surface area (TPSA) is 35.0 Å². The van der Waals surface area contributed by atoms with Gasteiger partial charge in [0, 0.05) is 0 Å². The lowest BCUT2D eigenvalue weighted by molar-refractivity contribution is 1.03. The summed E-state index contributed by atoms with van der Waals surface area (Å²) in [6.45, 7) is 2.13. The highest BCUT2D eigenvalue weighted by molar-refractivity contribution is 5.27. The van der Waals surface area contributed by atoms with Crippen molar-refractivity contribution < 1.29 is 0 Å². The van der Waals surface area contributed by atoms with Gasteiger partial charge in [-0.15, -0.1) is 0 Å². The van der Waals surface area contributed by atoms with Crippen LogP contribution in [-0.4, -0.2) is 0 Å². The molecule has 0 aliphatic heterocycles. The minimum absolute atomic E-state index is 0. The van der Waals surface area contributed by atoms with Crippen LogP contribution < -0.4 is 6.15 Å². The molecular formula is C17H21N. The standard InChI is InChI=1S/C17H18.H3N/c1-2-15(13-16-9-5-3-6-10-16)14-17-11-7-4-8-12-17;/h2-12H,13-14H2,1H3;1H3. The maximum atomic E-state index is 2.24. The van der Waals surface area contributed by atoms with Crippen LogP contribution in [-0.2, 0) is 12.8 Å². The molecule has 0 saturated carbocycles. The summed E-state index contributed by atoms with van der Waals surface area (Å²) in [5.74, 6) is 0. The van der Waals surface area contributed by atoms with Crippen molar-refractivity contribution in [2.24, 2.45) is 0 Å². The van der Waals surface area contributed by atoms with Gasteiger partial charge >= 0.3 is 0 Å². The van der Waals surface area contributed by atoms with E-state index in [-0.39, 0.29) is 6.15 Å². The van der Waals surface area contributed by atoms with E-state index in [0.717, 1.165) is 12.8 Å². The molecule has 2 aromatic carbocycles. The van der Waals surface area contributed by atoms with Gasteiger partial charge in [-0.25, -0.2) is 0 Å². The third kappa shape index (κ3) is 4.19. The molecule has 0 fully saturated rings. The monoisotopic (exact) mass is 239 g/mol. The lowest BCUT2D eigenvalue weighted by Gasteiger charge is -2.07. The van der Waals surface area contributed by atoms with Crippen molar-refractivity contribution in [1.82, 2.24) is 6.15 Å². The Labute approximate surface area is 110 Å². The lowest BCUT2D eigenvalue weighted by atomic mass is 9.98. The van der Waals surface area contributed by atoms with Crippen LogP contribution in [0.3, 0.4) is 0 Å². The van der Waals surface area contributed by atoms with Crippen molar-refractivity contribution in [3.05, 3.63) is 83.4 Å². The van der Waals surface area contributed by atoms with Crippen molar-refractivity contribution in [1.29, 1.82) is 0 Å². The number of hydrogen-bond acceptors (Lipinski definition) is 1. The molecule has 0 saturated heterocycles. The molecule has 0 spiro atoms. The van der Waals surface area contributed by atoms with Gasteiger partial charge in [0.15, 0.2) is 0 Å². The summed E-state index contributed by atoms with van der Waals surface area (Å²) in [7, 11) is 0. The van der Waals surface area contributed by atoms with Crippen LogP contribution in [0.5, 0.6) is 0 Å². The zero-order valence-corrected chi connectivity index (χ0v) is 11.0. The Morgan fingerprint density at radius 2 is 1.17 bits per heavy atom. The Bertz CT molecular complexity index is 428. The van der Waals surface area contributed by atoms with Crippen LogP contribution >= 0.6 is 0 Å². The highest BCUT2D eigenvalue weighted by atomic mass is 14.1. The van der Waals surface area contributed by atoms with Gasteiger partial charge in [0.25, 0.3) is 0 Å². The molecular weight excluding hydrogens is 218 g/mol. The van der Waals surface area contributed by atoms with E-state index in [1.807, 2.05) is 0 Å². The van der Waals surface area contributed by atoms with Crippen molar-refractivity contribution in [3.8, 4) is 0 Å². The molecule has 0 unspecified atom stereocenters. The van der Waals surface area contributed by atoms with Crippen molar-refractivity contribution in [3.63, 3.8) is 0 Å². The maximum absolute atomic E-state index is 2.24. The normalized spacial score (nSPS) is 9.39. The molecule has 0 aliphatic carbocycles. The Balaban J connectivity index is 0.00000162. The fourth-order valence-electron chi connectivity index (χ4n) is 1.98. The molecule has 0 amide bonds. The number of allylic oxidation sites excluding steroid dienone is 2. The van der Waals surface area contributed by atoms with Gasteiger partial charge in [0.2, 0.25) is 0 Å². The predicted octanol–water partition coefficient (Wildman–Crippen LogP) is 4.58. The second-order valence-electron chi connectivity index (χ2n) is 4.27. The number of hydrogen-bond donors (Lipinski definition) is 1. The molecule has 0 bridgehead atoms. The summed E-state index contributed by atoms with van der Waals surface area (Å²) >= 11 is 0. The predicted molar refractivity (Wildman–Crippen MR) is 79.1 cm³/mol. The summed E-state index contributed by atoms with van der Waals surface area (Å²) in [6.07, 6.45) is 4.33. The van der Waals surface area contributed by atoms with Crippen LogP contribution in [0.4, 0.5) is 0 Å². The van der Waals surface area contributed by atoms with Gasteiger partial charge < -0.3 is 6.15 Å². The average Bonchev–Trinajstić information content (AvgIpc) is 2.40. The molecule has 0 atom stereocenters. The molecule has 94 valence electrons. The van der Waals surface area contributed by atoms with Crippen LogP contribution in [0.15, 0.2) is 72.3 Å². The average molecular weight is 239 g/mol. The van der Waals surface area contributed by atoms with Gasteiger partial charge in [0.1, 0.15) is 0 Å². The molecule has 0 radical (unpaired) electrons. The number of rotatable bonds is 4. The fourth-order valence-corrected chi connectivity index (χ4v) is 1.98. The van der Waals surface area contributed by atoms with E-state index in [4.69, 9.17) is 0 Å². The maximum Gasteiger partial charge on any atom is -0.00639 e. The Morgan fingerprint density at radius 1 is 0.778 bits per heavy atom. The highest BCUT2D eigenvalue weighted by Crippen LogP contribution is 2.13. The first-order chi connectivity index (χ1) is 8.38. The van der Waals surface area contributed by atoms with Gasteiger partial charge in [-0.3, -0.25) is 0 Å². The molecule has 1 nitrogen and oxygen atoms in total. The first-order valence-corrected chi connectivity index (χ1v) is 6.10. The van der Waals surface area contributed by atoms with E-state index in [2.05, 4.69) is 73.7 Å². The van der Waals surface area contributed by atoms with Crippen LogP contribution in [0, 0.1) is 0 Å². The second-order valence-corrected chi connectivity index (χ2v) is 4.27. The smallest absolute Gasteiger partial charge is 0.00639 e. The van der Waals surface area contributed by atoms with Crippen molar-refractivity contribution in [2.45, 2.75) is 19.8 Å². The van der Waals surface area contributed by atoms with E-state index >= 15 is 0 Å². The minimum atomic E-state index is 0. The van der Waals surface area contributed by atoms with E-state index in [1.54, 1.807) is 0 Å². The Morgan fingerprint density at radius 3 is 1.50 bits per heavy atom. The van der Waals surface area contributed by atoms with Gasteiger partial charge in [-0.1, -0.05) is 72.3 Å². The largest absolute Gasteiger partial charge is 0.344 e. The Kier molecular flexibility index (Phi) is 5.89. The lowest BCUT2D eigenvalue weighted by Crippen LogP contribution is -1.95. The Hall–Kier alpha value is -1.86. The minimum Gasteiger partial charge on any atom is -0.344 e. The first-order valence-electron chi connectivity index (χ1n) is 6.10. The van der Waals surface area contributed by atoms with E-state index in [9.17, 15) is 0 Å². The van der Waals surface area contributed by atoms with E-state index in [1.165, 1.54) is 16.7 Å².